The molecule has 25 heavy (non-hydrogen) atoms. The zero-order chi connectivity index (χ0) is 18.1. The van der Waals surface area contributed by atoms with Crippen molar-refractivity contribution in [2.24, 2.45) is 0 Å². The van der Waals surface area contributed by atoms with Crippen LogP contribution in [0.4, 0.5) is 0 Å². The SMILES string of the molecule is O=C(CCCC(=O)c1cccs1)NCCNC(=O)c1ccc(Cl)cc1. The summed E-state index contributed by atoms with van der Waals surface area (Å²) in [5.74, 6) is -0.273. The first-order valence-corrected chi connectivity index (χ1v) is 9.19. The molecule has 2 aromatic rings. The number of thiophene rings is 1. The first-order chi connectivity index (χ1) is 12.1. The number of hydrogen-bond donors (Lipinski definition) is 2. The molecule has 1 heterocycles. The molecule has 0 saturated heterocycles. The monoisotopic (exact) mass is 378 g/mol. The van der Waals surface area contributed by atoms with E-state index in [0.29, 0.717) is 42.9 Å². The van der Waals surface area contributed by atoms with Gasteiger partial charge in [0.05, 0.1) is 4.88 Å². The standard InChI is InChI=1S/C18H19ClN2O3S/c19-14-8-6-13(7-9-14)18(24)21-11-10-20-17(23)5-1-3-15(22)16-4-2-12-25-16/h2,4,6-9,12H,1,3,5,10-11H2,(H,20,23)(H,21,24). The lowest BCUT2D eigenvalue weighted by Crippen LogP contribution is -2.34. The second kappa shape index (κ2) is 9.96. The van der Waals surface area contributed by atoms with Gasteiger partial charge in [-0.3, -0.25) is 14.4 Å². The van der Waals surface area contributed by atoms with E-state index >= 15 is 0 Å². The van der Waals surface area contributed by atoms with E-state index in [1.165, 1.54) is 11.3 Å². The number of ketones is 1. The molecule has 2 rings (SSSR count). The maximum Gasteiger partial charge on any atom is 0.251 e. The average molecular weight is 379 g/mol. The van der Waals surface area contributed by atoms with Crippen molar-refractivity contribution in [1.82, 2.24) is 10.6 Å². The second-order valence-corrected chi connectivity index (χ2v) is 6.75. The molecule has 0 aliphatic carbocycles. The van der Waals surface area contributed by atoms with E-state index in [9.17, 15) is 14.4 Å². The molecule has 7 heteroatoms. The van der Waals surface area contributed by atoms with Crippen LogP contribution in [0.2, 0.25) is 5.02 Å². The van der Waals surface area contributed by atoms with Crippen LogP contribution >= 0.6 is 22.9 Å². The van der Waals surface area contributed by atoms with Crippen LogP contribution in [0.15, 0.2) is 41.8 Å². The summed E-state index contributed by atoms with van der Waals surface area (Å²) < 4.78 is 0. The molecule has 0 aliphatic rings. The van der Waals surface area contributed by atoms with Crippen LogP contribution in [0.1, 0.15) is 39.3 Å². The van der Waals surface area contributed by atoms with Crippen molar-refractivity contribution < 1.29 is 14.4 Å². The molecule has 2 amide bonds. The summed E-state index contributed by atoms with van der Waals surface area (Å²) >= 11 is 7.18. The maximum atomic E-state index is 11.9. The van der Waals surface area contributed by atoms with E-state index in [1.54, 1.807) is 30.3 Å². The molecule has 0 bridgehead atoms. The van der Waals surface area contributed by atoms with E-state index in [-0.39, 0.29) is 17.6 Å². The van der Waals surface area contributed by atoms with Crippen LogP contribution < -0.4 is 10.6 Å². The van der Waals surface area contributed by atoms with Gasteiger partial charge in [-0.2, -0.15) is 0 Å². The predicted octanol–water partition coefficient (Wildman–Crippen LogP) is 3.30. The molecule has 2 N–H and O–H groups in total. The van der Waals surface area contributed by atoms with E-state index in [2.05, 4.69) is 10.6 Å². The molecule has 0 spiro atoms. The minimum absolute atomic E-state index is 0.0676. The van der Waals surface area contributed by atoms with Gasteiger partial charge in [0.1, 0.15) is 0 Å². The fourth-order valence-electron chi connectivity index (χ4n) is 2.14. The summed E-state index contributed by atoms with van der Waals surface area (Å²) in [7, 11) is 0. The quantitative estimate of drug-likeness (QED) is 0.519. The van der Waals surface area contributed by atoms with E-state index in [4.69, 9.17) is 11.6 Å². The van der Waals surface area contributed by atoms with Gasteiger partial charge in [0.25, 0.3) is 5.91 Å². The van der Waals surface area contributed by atoms with Gasteiger partial charge in [-0.25, -0.2) is 0 Å². The highest BCUT2D eigenvalue weighted by Crippen LogP contribution is 2.13. The van der Waals surface area contributed by atoms with Crippen molar-refractivity contribution in [3.8, 4) is 0 Å². The van der Waals surface area contributed by atoms with Crippen molar-refractivity contribution in [3.63, 3.8) is 0 Å². The van der Waals surface area contributed by atoms with Gasteiger partial charge in [0, 0.05) is 36.5 Å². The summed E-state index contributed by atoms with van der Waals surface area (Å²) in [6.07, 6.45) is 1.17. The number of Topliss-reactive ketones (excluding diaryl/α,β-unsaturated/α-hetero) is 1. The molecule has 5 nitrogen and oxygen atoms in total. The number of hydrogen-bond acceptors (Lipinski definition) is 4. The fourth-order valence-corrected chi connectivity index (χ4v) is 2.96. The summed E-state index contributed by atoms with van der Waals surface area (Å²) in [5.41, 5.74) is 0.516. The summed E-state index contributed by atoms with van der Waals surface area (Å²) in [5, 5.41) is 7.87. The van der Waals surface area contributed by atoms with Gasteiger partial charge >= 0.3 is 0 Å². The highest BCUT2D eigenvalue weighted by Gasteiger charge is 2.09. The lowest BCUT2D eigenvalue weighted by molar-refractivity contribution is -0.121. The first-order valence-electron chi connectivity index (χ1n) is 7.93. The lowest BCUT2D eigenvalue weighted by Gasteiger charge is -2.07. The van der Waals surface area contributed by atoms with E-state index < -0.39 is 0 Å². The topological polar surface area (TPSA) is 75.3 Å². The number of carbonyl (C=O) groups excluding carboxylic acids is 3. The van der Waals surface area contributed by atoms with Crippen LogP contribution in [-0.2, 0) is 4.79 Å². The lowest BCUT2D eigenvalue weighted by atomic mass is 10.1. The summed E-state index contributed by atoms with van der Waals surface area (Å²) in [6, 6.07) is 10.2. The van der Waals surface area contributed by atoms with Gasteiger partial charge in [-0.05, 0) is 42.1 Å². The summed E-state index contributed by atoms with van der Waals surface area (Å²) in [6.45, 7) is 0.679. The molecule has 1 aromatic heterocycles. The highest BCUT2D eigenvalue weighted by atomic mass is 35.5. The first kappa shape index (κ1) is 19.1. The van der Waals surface area contributed by atoms with Crippen LogP contribution in [0.5, 0.6) is 0 Å². The molecule has 0 unspecified atom stereocenters. The van der Waals surface area contributed by atoms with Gasteiger partial charge in [0.15, 0.2) is 5.78 Å². The smallest absolute Gasteiger partial charge is 0.251 e. The van der Waals surface area contributed by atoms with Crippen LogP contribution in [-0.4, -0.2) is 30.7 Å². The molecule has 0 saturated carbocycles. The highest BCUT2D eigenvalue weighted by molar-refractivity contribution is 7.12. The molecule has 0 aliphatic heterocycles. The number of nitrogens with one attached hydrogen (secondary N) is 2. The van der Waals surface area contributed by atoms with Crippen molar-refractivity contribution >= 4 is 40.5 Å². The minimum atomic E-state index is -0.215. The van der Waals surface area contributed by atoms with E-state index in [0.717, 1.165) is 4.88 Å². The Morgan fingerprint density at radius 1 is 0.960 bits per heavy atom. The maximum absolute atomic E-state index is 11.9. The Hall–Kier alpha value is -2.18. The molecule has 0 fully saturated rings. The van der Waals surface area contributed by atoms with Crippen LogP contribution in [0.25, 0.3) is 0 Å². The van der Waals surface area contributed by atoms with Gasteiger partial charge in [-0.1, -0.05) is 17.7 Å². The predicted molar refractivity (Wildman–Crippen MR) is 99.3 cm³/mol. The van der Waals surface area contributed by atoms with Gasteiger partial charge in [-0.15, -0.1) is 11.3 Å². The Balaban J connectivity index is 1.57. The normalized spacial score (nSPS) is 10.3. The largest absolute Gasteiger partial charge is 0.354 e. The van der Waals surface area contributed by atoms with Crippen LogP contribution in [0.3, 0.4) is 0 Å². The number of carbonyl (C=O) groups is 3. The zero-order valence-corrected chi connectivity index (χ0v) is 15.2. The average Bonchev–Trinajstić information content (AvgIpc) is 3.14. The van der Waals surface area contributed by atoms with Gasteiger partial charge in [0.2, 0.25) is 5.91 Å². The minimum Gasteiger partial charge on any atom is -0.354 e. The van der Waals surface area contributed by atoms with Gasteiger partial charge < -0.3 is 10.6 Å². The number of amides is 2. The molecule has 0 radical (unpaired) electrons. The number of rotatable bonds is 9. The Morgan fingerprint density at radius 3 is 2.36 bits per heavy atom. The third kappa shape index (κ3) is 6.68. The Labute approximate surface area is 155 Å². The molecule has 132 valence electrons. The number of benzene rings is 1. The Morgan fingerprint density at radius 2 is 1.68 bits per heavy atom. The Bertz CT molecular complexity index is 714. The third-order valence-corrected chi connectivity index (χ3v) is 4.61. The number of halogens is 1. The molecular weight excluding hydrogens is 360 g/mol. The van der Waals surface area contributed by atoms with Crippen molar-refractivity contribution in [2.45, 2.75) is 19.3 Å². The summed E-state index contributed by atoms with van der Waals surface area (Å²) in [4.78, 5) is 36.1. The van der Waals surface area contributed by atoms with Crippen molar-refractivity contribution in [1.29, 1.82) is 0 Å². The molecular formula is C18H19ClN2O3S. The second-order valence-electron chi connectivity index (χ2n) is 5.37. The van der Waals surface area contributed by atoms with Crippen molar-refractivity contribution in [2.75, 3.05) is 13.1 Å². The molecule has 0 atom stereocenters. The molecule has 1 aromatic carbocycles. The van der Waals surface area contributed by atoms with Crippen molar-refractivity contribution in [3.05, 3.63) is 57.2 Å². The zero-order valence-electron chi connectivity index (χ0n) is 13.6. The van der Waals surface area contributed by atoms with E-state index in [1.807, 2.05) is 11.4 Å². The van der Waals surface area contributed by atoms with Crippen LogP contribution in [0, 0.1) is 0 Å². The third-order valence-electron chi connectivity index (χ3n) is 3.44. The Kier molecular flexibility index (Phi) is 7.63. The fraction of sp³-hybridized carbons (Fsp3) is 0.278.